The van der Waals surface area contributed by atoms with E-state index in [-0.39, 0.29) is 18.7 Å². The van der Waals surface area contributed by atoms with E-state index in [0.29, 0.717) is 37.8 Å². The Kier molecular flexibility index (Phi) is 5.21. The number of carbonyl (C=O) groups is 2. The van der Waals surface area contributed by atoms with Gasteiger partial charge in [-0.05, 0) is 11.4 Å². The number of hydrogen-bond donors (Lipinski definition) is 1. The number of aliphatic carboxylic acids is 1. The average Bonchev–Trinajstić information content (AvgIpc) is 3.23. The van der Waals surface area contributed by atoms with Gasteiger partial charge in [-0.25, -0.2) is 0 Å². The van der Waals surface area contributed by atoms with Gasteiger partial charge in [-0.15, -0.1) is 11.3 Å². The molecule has 128 valence electrons. The molecule has 0 radical (unpaired) electrons. The maximum atomic E-state index is 12.3. The molecule has 24 heavy (non-hydrogen) atoms. The fourth-order valence-electron chi connectivity index (χ4n) is 2.50. The van der Waals surface area contributed by atoms with Gasteiger partial charge < -0.3 is 19.3 Å². The lowest BCUT2D eigenvalue weighted by molar-refractivity contribution is -0.147. The molecule has 1 saturated heterocycles. The van der Waals surface area contributed by atoms with Crippen LogP contribution in [0.3, 0.4) is 0 Å². The molecule has 2 aromatic rings. The van der Waals surface area contributed by atoms with Gasteiger partial charge in [-0.1, -0.05) is 11.2 Å². The Bertz CT molecular complexity index is 700. The Morgan fingerprint density at radius 2 is 2.33 bits per heavy atom. The van der Waals surface area contributed by atoms with E-state index < -0.39 is 12.1 Å². The molecule has 1 aliphatic rings. The molecular weight excluding hydrogens is 334 g/mol. The number of morpholine rings is 1. The van der Waals surface area contributed by atoms with Crippen molar-refractivity contribution in [1.29, 1.82) is 0 Å². The van der Waals surface area contributed by atoms with Crippen LogP contribution in [0, 0.1) is 0 Å². The normalized spacial score (nSPS) is 17.8. The van der Waals surface area contributed by atoms with Crippen molar-refractivity contribution < 1.29 is 24.0 Å². The van der Waals surface area contributed by atoms with Crippen LogP contribution in [0.2, 0.25) is 0 Å². The van der Waals surface area contributed by atoms with Crippen molar-refractivity contribution in [3.63, 3.8) is 0 Å². The van der Waals surface area contributed by atoms with Gasteiger partial charge in [0.15, 0.2) is 0 Å². The van der Waals surface area contributed by atoms with E-state index in [9.17, 15) is 9.59 Å². The highest BCUT2D eigenvalue weighted by molar-refractivity contribution is 7.13. The fourth-order valence-corrected chi connectivity index (χ4v) is 3.15. The van der Waals surface area contributed by atoms with Gasteiger partial charge >= 0.3 is 5.97 Å². The minimum Gasteiger partial charge on any atom is -0.481 e. The summed E-state index contributed by atoms with van der Waals surface area (Å²) in [7, 11) is 0. The summed E-state index contributed by atoms with van der Waals surface area (Å²) in [6.07, 6.45) is 0.0517. The van der Waals surface area contributed by atoms with Gasteiger partial charge in [0.2, 0.25) is 17.6 Å². The van der Waals surface area contributed by atoms with Gasteiger partial charge in [0.1, 0.15) is 0 Å². The molecule has 1 unspecified atom stereocenters. The van der Waals surface area contributed by atoms with Crippen molar-refractivity contribution >= 4 is 23.2 Å². The summed E-state index contributed by atoms with van der Waals surface area (Å²) in [6, 6.07) is 3.81. The minimum absolute atomic E-state index is 0.0652. The molecule has 1 N–H and O–H groups in total. The average molecular weight is 351 g/mol. The Balaban J connectivity index is 1.51. The van der Waals surface area contributed by atoms with Crippen LogP contribution >= 0.6 is 11.3 Å². The SMILES string of the molecule is O=C(O)CC1CN(C(=O)CCc2nc(-c3cccs3)no2)CCO1. The predicted molar refractivity (Wildman–Crippen MR) is 84.5 cm³/mol. The number of amides is 1. The van der Waals surface area contributed by atoms with E-state index in [1.165, 1.54) is 11.3 Å². The number of aromatic nitrogens is 2. The first-order chi connectivity index (χ1) is 11.6. The molecular formula is C15H17N3O5S. The molecule has 0 spiro atoms. The standard InChI is InChI=1S/C15H17N3O5S/c19-13(18-5-6-22-10(9-18)8-14(20)21)4-3-12-16-15(17-23-12)11-2-1-7-24-11/h1-2,7,10H,3-6,8-9H2,(H,20,21). The van der Waals surface area contributed by atoms with Crippen LogP contribution < -0.4 is 0 Å². The van der Waals surface area contributed by atoms with E-state index >= 15 is 0 Å². The zero-order valence-corrected chi connectivity index (χ0v) is 13.7. The molecule has 0 bridgehead atoms. The molecule has 1 aliphatic heterocycles. The first kappa shape index (κ1) is 16.6. The summed E-state index contributed by atoms with van der Waals surface area (Å²) >= 11 is 1.52. The van der Waals surface area contributed by atoms with E-state index in [1.807, 2.05) is 17.5 Å². The van der Waals surface area contributed by atoms with Crippen LogP contribution in [-0.2, 0) is 20.7 Å². The monoisotopic (exact) mass is 351 g/mol. The van der Waals surface area contributed by atoms with Crippen molar-refractivity contribution in [1.82, 2.24) is 15.0 Å². The number of rotatable bonds is 6. The molecule has 8 nitrogen and oxygen atoms in total. The minimum atomic E-state index is -0.929. The number of nitrogens with zero attached hydrogens (tertiary/aromatic N) is 3. The molecule has 2 aromatic heterocycles. The highest BCUT2D eigenvalue weighted by Crippen LogP contribution is 2.21. The van der Waals surface area contributed by atoms with Crippen LogP contribution in [0.4, 0.5) is 0 Å². The topological polar surface area (TPSA) is 106 Å². The number of carboxylic acids is 1. The Labute approximate surface area is 142 Å². The zero-order valence-electron chi connectivity index (χ0n) is 12.9. The maximum absolute atomic E-state index is 12.3. The van der Waals surface area contributed by atoms with Gasteiger partial charge in [-0.3, -0.25) is 9.59 Å². The van der Waals surface area contributed by atoms with Crippen LogP contribution in [-0.4, -0.2) is 57.8 Å². The van der Waals surface area contributed by atoms with Crippen molar-refractivity contribution in [2.24, 2.45) is 0 Å². The Morgan fingerprint density at radius 1 is 1.46 bits per heavy atom. The first-order valence-corrected chi connectivity index (χ1v) is 8.47. The third kappa shape index (κ3) is 4.18. The molecule has 1 atom stereocenters. The van der Waals surface area contributed by atoms with Crippen LogP contribution in [0.5, 0.6) is 0 Å². The first-order valence-electron chi connectivity index (χ1n) is 7.59. The van der Waals surface area contributed by atoms with Gasteiger partial charge in [-0.2, -0.15) is 4.98 Å². The number of hydrogen-bond acceptors (Lipinski definition) is 7. The van der Waals surface area contributed by atoms with Gasteiger partial charge in [0.05, 0.1) is 24.0 Å². The van der Waals surface area contributed by atoms with Crippen molar-refractivity contribution in [2.75, 3.05) is 19.7 Å². The van der Waals surface area contributed by atoms with E-state index in [4.69, 9.17) is 14.4 Å². The lowest BCUT2D eigenvalue weighted by Crippen LogP contribution is -2.46. The third-order valence-electron chi connectivity index (χ3n) is 3.66. The summed E-state index contributed by atoms with van der Waals surface area (Å²) in [5.41, 5.74) is 0. The fraction of sp³-hybridized carbons (Fsp3) is 0.467. The van der Waals surface area contributed by atoms with Crippen molar-refractivity contribution in [3.8, 4) is 10.7 Å². The molecule has 3 heterocycles. The quantitative estimate of drug-likeness (QED) is 0.839. The molecule has 0 saturated carbocycles. The molecule has 3 rings (SSSR count). The third-order valence-corrected chi connectivity index (χ3v) is 4.52. The Hall–Kier alpha value is -2.26. The lowest BCUT2D eigenvalue weighted by atomic mass is 10.2. The molecule has 1 amide bonds. The van der Waals surface area contributed by atoms with Crippen LogP contribution in [0.1, 0.15) is 18.7 Å². The predicted octanol–water partition coefficient (Wildman–Crippen LogP) is 1.43. The van der Waals surface area contributed by atoms with Crippen molar-refractivity contribution in [2.45, 2.75) is 25.4 Å². The van der Waals surface area contributed by atoms with E-state index in [2.05, 4.69) is 10.1 Å². The highest BCUT2D eigenvalue weighted by atomic mass is 32.1. The lowest BCUT2D eigenvalue weighted by Gasteiger charge is -2.32. The summed E-state index contributed by atoms with van der Waals surface area (Å²) in [4.78, 5) is 29.9. The Morgan fingerprint density at radius 3 is 3.08 bits per heavy atom. The number of ether oxygens (including phenoxy) is 1. The molecule has 0 aromatic carbocycles. The van der Waals surface area contributed by atoms with Crippen LogP contribution in [0.25, 0.3) is 10.7 Å². The summed E-state index contributed by atoms with van der Waals surface area (Å²) in [5, 5.41) is 14.7. The molecule has 9 heteroatoms. The second-order valence-electron chi connectivity index (χ2n) is 5.42. The number of aryl methyl sites for hydroxylation is 1. The second-order valence-corrected chi connectivity index (χ2v) is 6.37. The summed E-state index contributed by atoms with van der Waals surface area (Å²) < 4.78 is 10.5. The highest BCUT2D eigenvalue weighted by Gasteiger charge is 2.26. The van der Waals surface area contributed by atoms with E-state index in [0.717, 1.165) is 4.88 Å². The maximum Gasteiger partial charge on any atom is 0.306 e. The number of thiophene rings is 1. The van der Waals surface area contributed by atoms with Gasteiger partial charge in [0, 0.05) is 25.9 Å². The smallest absolute Gasteiger partial charge is 0.306 e. The zero-order chi connectivity index (χ0) is 16.9. The molecule has 0 aliphatic carbocycles. The second kappa shape index (κ2) is 7.54. The number of carboxylic acid groups (broad SMARTS) is 1. The van der Waals surface area contributed by atoms with E-state index in [1.54, 1.807) is 4.90 Å². The summed E-state index contributed by atoms with van der Waals surface area (Å²) in [5.74, 6) is -0.0479. The summed E-state index contributed by atoms with van der Waals surface area (Å²) in [6.45, 7) is 1.13. The molecule has 1 fully saturated rings. The van der Waals surface area contributed by atoms with Crippen LogP contribution in [0.15, 0.2) is 22.0 Å². The van der Waals surface area contributed by atoms with Crippen molar-refractivity contribution in [3.05, 3.63) is 23.4 Å². The number of carbonyl (C=O) groups excluding carboxylic acids is 1. The largest absolute Gasteiger partial charge is 0.481 e. The van der Waals surface area contributed by atoms with Gasteiger partial charge in [0.25, 0.3) is 0 Å².